The van der Waals surface area contributed by atoms with E-state index in [2.05, 4.69) is 11.9 Å². The van der Waals surface area contributed by atoms with Crippen molar-refractivity contribution in [3.05, 3.63) is 12.2 Å². The van der Waals surface area contributed by atoms with Crippen LogP contribution in [-0.4, -0.2) is 61.6 Å². The van der Waals surface area contributed by atoms with E-state index in [0.29, 0.717) is 0 Å². The Labute approximate surface area is 123 Å². The molecule has 0 unspecified atom stereocenters. The molecule has 0 bridgehead atoms. The fraction of sp³-hybridized carbons (Fsp3) is 0.444. The second-order valence-corrected chi connectivity index (χ2v) is 3.04. The summed E-state index contributed by atoms with van der Waals surface area (Å²) in [5.74, 6) is -3.57. The fourth-order valence-electron chi connectivity index (χ4n) is 0.793. The number of rotatable bonds is 6. The van der Waals surface area contributed by atoms with Gasteiger partial charge in [0.1, 0.15) is 0 Å². The van der Waals surface area contributed by atoms with Crippen LogP contribution in [0.3, 0.4) is 0 Å². The number of carbonyl (C=O) groups excluding carboxylic acids is 3. The zero-order valence-corrected chi connectivity index (χ0v) is 11.2. The molecule has 0 rings (SSSR count). The van der Waals surface area contributed by atoms with Gasteiger partial charge in [-0.05, 0) is 19.8 Å². The summed E-state index contributed by atoms with van der Waals surface area (Å²) in [6, 6.07) is -1.34. The van der Waals surface area contributed by atoms with Gasteiger partial charge in [0.2, 0.25) is 5.91 Å². The van der Waals surface area contributed by atoms with Crippen molar-refractivity contribution < 1.29 is 24.6 Å². The zero-order chi connectivity index (χ0) is 12.0. The Morgan fingerprint density at radius 2 is 1.81 bits per heavy atom. The minimum atomic E-state index is -1.54. The molecule has 0 aromatic carbocycles. The van der Waals surface area contributed by atoms with Gasteiger partial charge in [-0.25, -0.2) is 0 Å². The van der Waals surface area contributed by atoms with Gasteiger partial charge in [0.05, 0.1) is 12.0 Å². The van der Waals surface area contributed by atoms with E-state index >= 15 is 0 Å². The van der Waals surface area contributed by atoms with E-state index < -0.39 is 30.3 Å². The van der Waals surface area contributed by atoms with Crippen molar-refractivity contribution in [3.8, 4) is 0 Å². The monoisotopic (exact) mass is 253 g/mol. The molecule has 1 amide bonds. The molecular formula is C9H11CaNO5. The number of amides is 1. The first-order chi connectivity index (χ1) is 6.84. The number of aliphatic carboxylic acids is 2. The number of hydrogen-bond acceptors (Lipinski definition) is 5. The number of carbonyl (C=O) groups is 3. The van der Waals surface area contributed by atoms with Gasteiger partial charge in [-0.2, -0.15) is 0 Å². The van der Waals surface area contributed by atoms with Gasteiger partial charge < -0.3 is 25.1 Å². The SMILES string of the molecule is C=C(C)C(=O)N[C@H](CCC(=O)[O-])C(=O)[O-].[Ca+2]. The average Bonchev–Trinajstić information content (AvgIpc) is 2.10. The van der Waals surface area contributed by atoms with E-state index in [1.54, 1.807) is 0 Å². The molecule has 16 heavy (non-hydrogen) atoms. The van der Waals surface area contributed by atoms with Crippen LogP contribution in [-0.2, 0) is 14.4 Å². The predicted octanol–water partition coefficient (Wildman–Crippen LogP) is -3.05. The maximum Gasteiger partial charge on any atom is 2.00 e. The van der Waals surface area contributed by atoms with Gasteiger partial charge in [-0.3, -0.25) is 4.79 Å². The Balaban J connectivity index is 0. The summed E-state index contributed by atoms with van der Waals surface area (Å²) < 4.78 is 0. The fourth-order valence-corrected chi connectivity index (χ4v) is 0.793. The molecule has 0 saturated heterocycles. The van der Waals surface area contributed by atoms with Gasteiger partial charge in [0.25, 0.3) is 0 Å². The third-order valence-corrected chi connectivity index (χ3v) is 1.61. The molecule has 0 radical (unpaired) electrons. The average molecular weight is 253 g/mol. The van der Waals surface area contributed by atoms with E-state index in [9.17, 15) is 24.6 Å². The molecule has 7 heteroatoms. The Kier molecular flexibility index (Phi) is 9.51. The molecule has 84 valence electrons. The van der Waals surface area contributed by atoms with Crippen molar-refractivity contribution in [1.82, 2.24) is 5.32 Å². The second kappa shape index (κ2) is 8.55. The molecule has 1 N–H and O–H groups in total. The molecule has 6 nitrogen and oxygen atoms in total. The van der Waals surface area contributed by atoms with Crippen molar-refractivity contribution in [2.45, 2.75) is 25.8 Å². The van der Waals surface area contributed by atoms with E-state index in [1.165, 1.54) is 6.92 Å². The van der Waals surface area contributed by atoms with Crippen molar-refractivity contribution in [2.75, 3.05) is 0 Å². The van der Waals surface area contributed by atoms with E-state index in [0.717, 1.165) is 0 Å². The van der Waals surface area contributed by atoms with Crippen LogP contribution < -0.4 is 15.5 Å². The Morgan fingerprint density at radius 1 is 1.31 bits per heavy atom. The van der Waals surface area contributed by atoms with Crippen LogP contribution >= 0.6 is 0 Å². The number of hydrogen-bond donors (Lipinski definition) is 1. The largest absolute Gasteiger partial charge is 2.00 e. The molecule has 0 aliphatic rings. The van der Waals surface area contributed by atoms with Crippen LogP contribution in [0.5, 0.6) is 0 Å². The maximum absolute atomic E-state index is 11.0. The quantitative estimate of drug-likeness (QED) is 0.399. The topological polar surface area (TPSA) is 109 Å². The van der Waals surface area contributed by atoms with Crippen LogP contribution in [0.4, 0.5) is 0 Å². The van der Waals surface area contributed by atoms with Crippen LogP contribution in [0, 0.1) is 0 Å². The maximum atomic E-state index is 11.0. The van der Waals surface area contributed by atoms with Crippen LogP contribution in [0.25, 0.3) is 0 Å². The van der Waals surface area contributed by atoms with Crippen LogP contribution in [0.2, 0.25) is 0 Å². The summed E-state index contributed by atoms with van der Waals surface area (Å²) in [6.45, 7) is 4.71. The second-order valence-electron chi connectivity index (χ2n) is 3.04. The Bertz CT molecular complexity index is 302. The van der Waals surface area contributed by atoms with Crippen molar-refractivity contribution in [2.24, 2.45) is 0 Å². The molecule has 1 atom stereocenters. The van der Waals surface area contributed by atoms with Gasteiger partial charge in [0, 0.05) is 11.5 Å². The van der Waals surface area contributed by atoms with Crippen LogP contribution in [0.1, 0.15) is 19.8 Å². The van der Waals surface area contributed by atoms with Gasteiger partial charge in [-0.1, -0.05) is 6.58 Å². The summed E-state index contributed by atoms with van der Waals surface area (Å²) in [5, 5.41) is 22.7. The summed E-state index contributed by atoms with van der Waals surface area (Å²) in [6.07, 6.45) is -0.737. The standard InChI is InChI=1S/C9H13NO5.Ca/c1-5(2)8(13)10-6(9(14)15)3-4-7(11)12;/h6H,1,3-4H2,2H3,(H,10,13)(H,11,12)(H,14,15);/q;+2/p-2/t6-;/m1./s1. The number of carboxylic acid groups (broad SMARTS) is 2. The molecule has 0 heterocycles. The minimum Gasteiger partial charge on any atom is -0.550 e. The normalized spacial score (nSPS) is 10.8. The van der Waals surface area contributed by atoms with E-state index in [-0.39, 0.29) is 49.7 Å². The number of nitrogens with one attached hydrogen (secondary N) is 1. The summed E-state index contributed by atoms with van der Waals surface area (Å²) >= 11 is 0. The Hall–Kier alpha value is -0.590. The Morgan fingerprint density at radius 3 is 2.12 bits per heavy atom. The first-order valence-electron chi connectivity index (χ1n) is 4.21. The first-order valence-corrected chi connectivity index (χ1v) is 4.21. The van der Waals surface area contributed by atoms with Gasteiger partial charge >= 0.3 is 37.7 Å². The molecule has 0 aliphatic heterocycles. The predicted molar refractivity (Wildman–Crippen MR) is 51.7 cm³/mol. The summed E-state index contributed by atoms with van der Waals surface area (Å²) in [4.78, 5) is 31.6. The summed E-state index contributed by atoms with van der Waals surface area (Å²) in [5.41, 5.74) is 0.134. The minimum absolute atomic E-state index is 0. The third kappa shape index (κ3) is 7.67. The van der Waals surface area contributed by atoms with Crippen LogP contribution in [0.15, 0.2) is 12.2 Å². The first kappa shape index (κ1) is 17.8. The van der Waals surface area contributed by atoms with Crippen molar-refractivity contribution in [3.63, 3.8) is 0 Å². The van der Waals surface area contributed by atoms with Crippen molar-refractivity contribution in [1.29, 1.82) is 0 Å². The van der Waals surface area contributed by atoms with E-state index in [4.69, 9.17) is 0 Å². The smallest absolute Gasteiger partial charge is 0.550 e. The molecule has 0 aromatic heterocycles. The summed E-state index contributed by atoms with van der Waals surface area (Å²) in [7, 11) is 0. The van der Waals surface area contributed by atoms with Gasteiger partial charge in [-0.15, -0.1) is 0 Å². The third-order valence-electron chi connectivity index (χ3n) is 1.61. The number of carboxylic acids is 2. The van der Waals surface area contributed by atoms with Crippen molar-refractivity contribution >= 4 is 55.6 Å². The zero-order valence-electron chi connectivity index (χ0n) is 8.95. The molecule has 0 aromatic rings. The molecule has 0 saturated carbocycles. The van der Waals surface area contributed by atoms with E-state index in [1.807, 2.05) is 0 Å². The molecule has 0 fully saturated rings. The van der Waals surface area contributed by atoms with Gasteiger partial charge in [0.15, 0.2) is 0 Å². The molecule has 0 spiro atoms. The molecular weight excluding hydrogens is 242 g/mol. The molecule has 0 aliphatic carbocycles.